The summed E-state index contributed by atoms with van der Waals surface area (Å²) in [7, 11) is 0. The number of hydrogen-bond acceptors (Lipinski definition) is 3. The van der Waals surface area contributed by atoms with Gasteiger partial charge in [0.15, 0.2) is 0 Å². The van der Waals surface area contributed by atoms with Gasteiger partial charge in [0.05, 0.1) is 5.75 Å². The monoisotopic (exact) mass is 208 g/mol. The third kappa shape index (κ3) is 1.87. The van der Waals surface area contributed by atoms with Crippen LogP contribution in [-0.4, -0.2) is 10.9 Å². The average Bonchev–Trinajstić information content (AvgIpc) is 2.56. The summed E-state index contributed by atoms with van der Waals surface area (Å²) in [5, 5.41) is 10.3. The van der Waals surface area contributed by atoms with Crippen LogP contribution in [0.4, 0.5) is 0 Å². The first-order chi connectivity index (χ1) is 6.79. The smallest absolute Gasteiger partial charge is 0.138 e. The first-order valence-electron chi connectivity index (χ1n) is 4.59. The summed E-state index contributed by atoms with van der Waals surface area (Å²) in [4.78, 5) is 0. The Hall–Kier alpha value is -1.09. The minimum Gasteiger partial charge on any atom is -0.508 e. The molecule has 0 aliphatic rings. The molecule has 0 saturated carbocycles. The highest BCUT2D eigenvalue weighted by atomic mass is 32.2. The summed E-state index contributed by atoms with van der Waals surface area (Å²) in [6.07, 6.45) is 0. The minimum atomic E-state index is 0.251. The Bertz CT molecular complexity index is 434. The Morgan fingerprint density at radius 2 is 2.21 bits per heavy atom. The van der Waals surface area contributed by atoms with Crippen molar-refractivity contribution in [1.82, 2.24) is 0 Å². The summed E-state index contributed by atoms with van der Waals surface area (Å²) >= 11 is 1.82. The second-order valence-electron chi connectivity index (χ2n) is 3.07. The molecule has 0 saturated heterocycles. The van der Waals surface area contributed by atoms with E-state index in [1.807, 2.05) is 23.9 Å². The number of benzene rings is 1. The van der Waals surface area contributed by atoms with Crippen LogP contribution in [0.25, 0.3) is 11.0 Å². The first kappa shape index (κ1) is 9.46. The van der Waals surface area contributed by atoms with Crippen molar-refractivity contribution in [2.75, 3.05) is 5.75 Å². The Balaban J connectivity index is 2.32. The average molecular weight is 208 g/mol. The summed E-state index contributed by atoms with van der Waals surface area (Å²) in [6, 6.07) is 7.22. The molecule has 1 aromatic carbocycles. The molecular formula is C11H12O2S. The maximum atomic E-state index is 9.25. The van der Waals surface area contributed by atoms with E-state index in [2.05, 4.69) is 6.92 Å². The molecule has 2 nitrogen and oxygen atoms in total. The molecule has 0 fully saturated rings. The molecule has 2 rings (SSSR count). The molecule has 74 valence electrons. The Morgan fingerprint density at radius 3 is 3.00 bits per heavy atom. The molecular weight excluding hydrogens is 196 g/mol. The van der Waals surface area contributed by atoms with Gasteiger partial charge in [0.2, 0.25) is 0 Å². The van der Waals surface area contributed by atoms with Crippen LogP contribution in [0.15, 0.2) is 28.7 Å². The maximum Gasteiger partial charge on any atom is 0.138 e. The highest BCUT2D eigenvalue weighted by molar-refractivity contribution is 7.98. The predicted molar refractivity (Wildman–Crippen MR) is 59.7 cm³/mol. The van der Waals surface area contributed by atoms with Gasteiger partial charge in [-0.2, -0.15) is 11.8 Å². The molecule has 0 spiro atoms. The van der Waals surface area contributed by atoms with Crippen LogP contribution in [0.2, 0.25) is 0 Å². The van der Waals surface area contributed by atoms with Gasteiger partial charge in [-0.15, -0.1) is 0 Å². The van der Waals surface area contributed by atoms with Crippen molar-refractivity contribution >= 4 is 22.7 Å². The molecule has 2 aromatic rings. The number of rotatable bonds is 3. The Morgan fingerprint density at radius 1 is 1.36 bits per heavy atom. The van der Waals surface area contributed by atoms with Gasteiger partial charge in [0, 0.05) is 11.5 Å². The molecule has 1 heterocycles. The first-order valence-corrected chi connectivity index (χ1v) is 5.74. The fourth-order valence-electron chi connectivity index (χ4n) is 1.35. The highest BCUT2D eigenvalue weighted by Gasteiger charge is 2.03. The normalized spacial score (nSPS) is 10.9. The van der Waals surface area contributed by atoms with Crippen molar-refractivity contribution in [1.29, 1.82) is 0 Å². The summed E-state index contributed by atoms with van der Waals surface area (Å²) in [5.74, 6) is 3.20. The third-order valence-corrected chi connectivity index (χ3v) is 2.90. The molecule has 0 aliphatic heterocycles. The van der Waals surface area contributed by atoms with Crippen LogP contribution in [0.1, 0.15) is 12.7 Å². The number of thioether (sulfide) groups is 1. The number of aromatic hydroxyl groups is 1. The maximum absolute atomic E-state index is 9.25. The quantitative estimate of drug-likeness (QED) is 0.839. The van der Waals surface area contributed by atoms with Crippen molar-refractivity contribution in [2.45, 2.75) is 12.7 Å². The third-order valence-electron chi connectivity index (χ3n) is 2.00. The lowest BCUT2D eigenvalue weighted by Gasteiger charge is -1.91. The number of fused-ring (bicyclic) bond motifs is 1. The number of phenolic OH excluding ortho intramolecular Hbond substituents is 1. The van der Waals surface area contributed by atoms with E-state index in [-0.39, 0.29) is 5.75 Å². The van der Waals surface area contributed by atoms with Crippen LogP contribution < -0.4 is 0 Å². The number of furan rings is 1. The summed E-state index contributed by atoms with van der Waals surface area (Å²) < 4.78 is 5.57. The Kier molecular flexibility index (Phi) is 2.68. The van der Waals surface area contributed by atoms with Gasteiger partial charge in [-0.1, -0.05) is 6.92 Å². The van der Waals surface area contributed by atoms with E-state index in [4.69, 9.17) is 4.42 Å². The molecule has 3 heteroatoms. The molecule has 0 amide bonds. The second kappa shape index (κ2) is 3.96. The van der Waals surface area contributed by atoms with E-state index in [0.717, 1.165) is 28.2 Å². The lowest BCUT2D eigenvalue weighted by Crippen LogP contribution is -1.73. The van der Waals surface area contributed by atoms with Crippen LogP contribution in [0, 0.1) is 0 Å². The van der Waals surface area contributed by atoms with E-state index in [0.29, 0.717) is 0 Å². The van der Waals surface area contributed by atoms with E-state index in [9.17, 15) is 5.11 Å². The fourth-order valence-corrected chi connectivity index (χ4v) is 1.90. The van der Waals surface area contributed by atoms with E-state index in [1.165, 1.54) is 0 Å². The largest absolute Gasteiger partial charge is 0.508 e. The van der Waals surface area contributed by atoms with Crippen LogP contribution in [0.5, 0.6) is 5.75 Å². The van der Waals surface area contributed by atoms with Crippen LogP contribution in [0.3, 0.4) is 0 Å². The van der Waals surface area contributed by atoms with Crippen molar-refractivity contribution in [2.24, 2.45) is 0 Å². The molecule has 0 atom stereocenters. The summed E-state index contributed by atoms with van der Waals surface area (Å²) in [5.41, 5.74) is 0.761. The van der Waals surface area contributed by atoms with Gasteiger partial charge in [-0.3, -0.25) is 0 Å². The van der Waals surface area contributed by atoms with E-state index < -0.39 is 0 Å². The molecule has 0 aliphatic carbocycles. The minimum absolute atomic E-state index is 0.251. The topological polar surface area (TPSA) is 33.4 Å². The molecule has 1 aromatic heterocycles. The molecule has 14 heavy (non-hydrogen) atoms. The zero-order valence-electron chi connectivity index (χ0n) is 7.99. The van der Waals surface area contributed by atoms with E-state index in [1.54, 1.807) is 12.1 Å². The molecule has 1 N–H and O–H groups in total. The second-order valence-corrected chi connectivity index (χ2v) is 4.35. The molecule has 0 radical (unpaired) electrons. The van der Waals surface area contributed by atoms with Crippen molar-refractivity contribution in [3.05, 3.63) is 30.0 Å². The van der Waals surface area contributed by atoms with Crippen LogP contribution in [-0.2, 0) is 5.75 Å². The van der Waals surface area contributed by atoms with Gasteiger partial charge in [-0.25, -0.2) is 0 Å². The Labute approximate surface area is 86.9 Å². The van der Waals surface area contributed by atoms with Gasteiger partial charge >= 0.3 is 0 Å². The number of phenols is 1. The van der Waals surface area contributed by atoms with Gasteiger partial charge in [-0.05, 0) is 24.0 Å². The van der Waals surface area contributed by atoms with Gasteiger partial charge < -0.3 is 9.52 Å². The van der Waals surface area contributed by atoms with Crippen LogP contribution >= 0.6 is 11.8 Å². The van der Waals surface area contributed by atoms with Crippen molar-refractivity contribution < 1.29 is 9.52 Å². The summed E-state index contributed by atoms with van der Waals surface area (Å²) in [6.45, 7) is 2.12. The zero-order valence-corrected chi connectivity index (χ0v) is 8.80. The van der Waals surface area contributed by atoms with Crippen molar-refractivity contribution in [3.8, 4) is 5.75 Å². The predicted octanol–water partition coefficient (Wildman–Crippen LogP) is 3.39. The SMILES string of the molecule is CCSCc1cc2ccc(O)cc2o1. The highest BCUT2D eigenvalue weighted by Crippen LogP contribution is 2.25. The molecule has 0 bridgehead atoms. The van der Waals surface area contributed by atoms with Gasteiger partial charge in [0.1, 0.15) is 17.1 Å². The van der Waals surface area contributed by atoms with Crippen molar-refractivity contribution in [3.63, 3.8) is 0 Å². The lowest BCUT2D eigenvalue weighted by molar-refractivity contribution is 0.474. The number of hydrogen-bond donors (Lipinski definition) is 1. The fraction of sp³-hybridized carbons (Fsp3) is 0.273. The molecule has 0 unspecified atom stereocenters. The van der Waals surface area contributed by atoms with E-state index >= 15 is 0 Å². The lowest BCUT2D eigenvalue weighted by atomic mass is 10.2. The zero-order chi connectivity index (χ0) is 9.97. The standard InChI is InChI=1S/C11H12O2S/c1-2-14-7-10-5-8-3-4-9(12)6-11(8)13-10/h3-6,12H,2,7H2,1H3. The van der Waals surface area contributed by atoms with Gasteiger partial charge in [0.25, 0.3) is 0 Å².